The molecule has 1 amide bonds. The van der Waals surface area contributed by atoms with Crippen LogP contribution >= 0.6 is 34.5 Å². The quantitative estimate of drug-likeness (QED) is 0.149. The van der Waals surface area contributed by atoms with Gasteiger partial charge in [0.1, 0.15) is 16.1 Å². The largest absolute Gasteiger partial charge is 0.493 e. The summed E-state index contributed by atoms with van der Waals surface area (Å²) in [7, 11) is 2.99. The molecular weight excluding hydrogens is 641 g/mol. The molecule has 0 saturated carbocycles. The normalized spacial score (nSPS) is 10.9. The maximum atomic E-state index is 13.7. The lowest BCUT2D eigenvalue weighted by Gasteiger charge is -2.14. The van der Waals surface area contributed by atoms with Gasteiger partial charge in [-0.25, -0.2) is 4.79 Å². The average Bonchev–Trinajstić information content (AvgIpc) is 3.45. The Bertz CT molecular complexity index is 1970. The second-order valence-corrected chi connectivity index (χ2v) is 11.4. The van der Waals surface area contributed by atoms with Gasteiger partial charge in [0, 0.05) is 26.6 Å². The number of methoxy groups -OCH3 is 2. The van der Waals surface area contributed by atoms with E-state index in [1.54, 1.807) is 67.8 Å². The SMILES string of the molecule is CCOC(=O)c1c(-c2ccc(Cl)cc2)csc1NC(=O)COc1c(-c2ccc(OC)c(OC)c2)oc2cc(C)c(Cl)cc2c1=O. The van der Waals surface area contributed by atoms with Crippen molar-refractivity contribution in [2.24, 2.45) is 0 Å². The zero-order chi connectivity index (χ0) is 32.2. The number of nitrogens with one attached hydrogen (secondary N) is 1. The zero-order valence-electron chi connectivity index (χ0n) is 24.6. The molecule has 9 nitrogen and oxygen atoms in total. The molecule has 45 heavy (non-hydrogen) atoms. The molecule has 0 spiro atoms. The number of halogens is 2. The number of hydrogen-bond donors (Lipinski definition) is 1. The van der Waals surface area contributed by atoms with Crippen molar-refractivity contribution in [2.75, 3.05) is 32.8 Å². The van der Waals surface area contributed by atoms with Crippen LogP contribution in [0.2, 0.25) is 10.0 Å². The molecule has 1 N–H and O–H groups in total. The molecule has 0 saturated heterocycles. The van der Waals surface area contributed by atoms with Crippen LogP contribution in [0.3, 0.4) is 0 Å². The molecule has 0 unspecified atom stereocenters. The molecular formula is C33H27Cl2NO8S. The number of thiophene rings is 1. The van der Waals surface area contributed by atoms with E-state index < -0.39 is 23.9 Å². The maximum absolute atomic E-state index is 13.7. The lowest BCUT2D eigenvalue weighted by molar-refractivity contribution is -0.118. The summed E-state index contributed by atoms with van der Waals surface area (Å²) in [6, 6.07) is 15.1. The summed E-state index contributed by atoms with van der Waals surface area (Å²) in [5.74, 6) is -0.475. The minimum absolute atomic E-state index is 0.0799. The number of ether oxygens (including phenoxy) is 4. The summed E-state index contributed by atoms with van der Waals surface area (Å²) < 4.78 is 28.1. The number of anilines is 1. The van der Waals surface area contributed by atoms with Crippen molar-refractivity contribution >= 4 is 62.4 Å². The van der Waals surface area contributed by atoms with Crippen LogP contribution in [0.15, 0.2) is 69.2 Å². The van der Waals surface area contributed by atoms with Gasteiger partial charge in [-0.3, -0.25) is 9.59 Å². The summed E-state index contributed by atoms with van der Waals surface area (Å²) >= 11 is 13.5. The van der Waals surface area contributed by atoms with Crippen molar-refractivity contribution in [1.29, 1.82) is 0 Å². The number of benzene rings is 3. The highest BCUT2D eigenvalue weighted by Gasteiger charge is 2.25. The summed E-state index contributed by atoms with van der Waals surface area (Å²) in [4.78, 5) is 39.9. The molecule has 12 heteroatoms. The maximum Gasteiger partial charge on any atom is 0.341 e. The molecule has 2 heterocycles. The smallest absolute Gasteiger partial charge is 0.341 e. The lowest BCUT2D eigenvalue weighted by atomic mass is 10.0. The topological polar surface area (TPSA) is 113 Å². The van der Waals surface area contributed by atoms with Crippen molar-refractivity contribution in [3.8, 4) is 39.7 Å². The third-order valence-electron chi connectivity index (χ3n) is 6.80. The first-order chi connectivity index (χ1) is 21.6. The first-order valence-corrected chi connectivity index (χ1v) is 15.2. The number of fused-ring (bicyclic) bond motifs is 1. The molecule has 232 valence electrons. The predicted octanol–water partition coefficient (Wildman–Crippen LogP) is 8.02. The van der Waals surface area contributed by atoms with Gasteiger partial charge in [-0.1, -0.05) is 35.3 Å². The highest BCUT2D eigenvalue weighted by atomic mass is 35.5. The van der Waals surface area contributed by atoms with Gasteiger partial charge < -0.3 is 28.7 Å². The second-order valence-electron chi connectivity index (χ2n) is 9.67. The second kappa shape index (κ2) is 13.6. The number of carbonyl (C=O) groups is 2. The van der Waals surface area contributed by atoms with E-state index in [1.807, 2.05) is 0 Å². The fourth-order valence-electron chi connectivity index (χ4n) is 4.60. The van der Waals surface area contributed by atoms with Gasteiger partial charge in [0.25, 0.3) is 5.91 Å². The van der Waals surface area contributed by atoms with Crippen LogP contribution in [-0.4, -0.2) is 39.3 Å². The summed E-state index contributed by atoms with van der Waals surface area (Å²) in [5.41, 5.74) is 2.41. The van der Waals surface area contributed by atoms with Gasteiger partial charge in [0.15, 0.2) is 23.9 Å². The third kappa shape index (κ3) is 6.63. The van der Waals surface area contributed by atoms with E-state index in [1.165, 1.54) is 20.3 Å². The van der Waals surface area contributed by atoms with Gasteiger partial charge >= 0.3 is 5.97 Å². The van der Waals surface area contributed by atoms with Crippen LogP contribution in [-0.2, 0) is 9.53 Å². The molecule has 5 aromatic rings. The van der Waals surface area contributed by atoms with Crippen molar-refractivity contribution in [3.63, 3.8) is 0 Å². The fourth-order valence-corrected chi connectivity index (χ4v) is 5.86. The number of esters is 1. The van der Waals surface area contributed by atoms with Crippen molar-refractivity contribution in [2.45, 2.75) is 13.8 Å². The van der Waals surface area contributed by atoms with Crippen LogP contribution < -0.4 is 25.0 Å². The van der Waals surface area contributed by atoms with Crippen LogP contribution in [0, 0.1) is 6.92 Å². The van der Waals surface area contributed by atoms with E-state index in [-0.39, 0.29) is 39.7 Å². The Hall–Kier alpha value is -4.51. The Morgan fingerprint density at radius 2 is 1.67 bits per heavy atom. The number of rotatable bonds is 10. The minimum Gasteiger partial charge on any atom is -0.493 e. The van der Waals surface area contributed by atoms with Gasteiger partial charge in [-0.2, -0.15) is 0 Å². The molecule has 0 aliphatic rings. The van der Waals surface area contributed by atoms with Crippen molar-refractivity contribution in [1.82, 2.24) is 0 Å². The molecule has 0 atom stereocenters. The molecule has 0 fully saturated rings. The molecule has 0 radical (unpaired) electrons. The van der Waals surface area contributed by atoms with Gasteiger partial charge in [-0.15, -0.1) is 11.3 Å². The standard InChI is InChI=1S/C33H27Cl2NO8S/c1-5-42-33(39)28-22(18-6-9-20(34)10-7-18)16-45-32(28)36-27(37)15-43-31-29(38)21-14-23(35)17(2)12-25(21)44-30(31)19-8-11-24(40-3)26(13-19)41-4/h6-14,16H,5,15H2,1-4H3,(H,36,37). The predicted molar refractivity (Wildman–Crippen MR) is 176 cm³/mol. The number of amides is 1. The lowest BCUT2D eigenvalue weighted by Crippen LogP contribution is -2.23. The number of aryl methyl sites for hydroxylation is 1. The Morgan fingerprint density at radius 3 is 2.36 bits per heavy atom. The third-order valence-corrected chi connectivity index (χ3v) is 8.36. The van der Waals surface area contributed by atoms with E-state index in [9.17, 15) is 14.4 Å². The van der Waals surface area contributed by atoms with Crippen LogP contribution in [0.5, 0.6) is 17.2 Å². The van der Waals surface area contributed by atoms with E-state index in [2.05, 4.69) is 5.32 Å². The molecule has 5 rings (SSSR count). The van der Waals surface area contributed by atoms with E-state index in [0.717, 1.165) is 16.9 Å². The fraction of sp³-hybridized carbons (Fsp3) is 0.182. The Labute approximate surface area is 272 Å². The Balaban J connectivity index is 1.50. The average molecular weight is 669 g/mol. The Kier molecular flexibility index (Phi) is 9.67. The number of carbonyl (C=O) groups excluding carboxylic acids is 2. The summed E-state index contributed by atoms with van der Waals surface area (Å²) in [6.45, 7) is 3.05. The van der Waals surface area contributed by atoms with Gasteiger partial charge in [0.05, 0.1) is 26.2 Å². The molecule has 0 aliphatic carbocycles. The van der Waals surface area contributed by atoms with Gasteiger partial charge in [0.2, 0.25) is 11.2 Å². The van der Waals surface area contributed by atoms with Crippen molar-refractivity contribution < 1.29 is 33.0 Å². The summed E-state index contributed by atoms with van der Waals surface area (Å²) in [5, 5.41) is 5.83. The molecule has 0 bridgehead atoms. The van der Waals surface area contributed by atoms with Gasteiger partial charge in [-0.05, 0) is 67.4 Å². The van der Waals surface area contributed by atoms with Crippen LogP contribution in [0.25, 0.3) is 33.4 Å². The first-order valence-electron chi connectivity index (χ1n) is 13.6. The molecule has 0 aliphatic heterocycles. The first kappa shape index (κ1) is 31.9. The zero-order valence-corrected chi connectivity index (χ0v) is 26.9. The van der Waals surface area contributed by atoms with Crippen LogP contribution in [0.4, 0.5) is 5.00 Å². The van der Waals surface area contributed by atoms with E-state index >= 15 is 0 Å². The van der Waals surface area contributed by atoms with Crippen LogP contribution in [0.1, 0.15) is 22.8 Å². The minimum atomic E-state index is -0.621. The van der Waals surface area contributed by atoms with E-state index in [4.69, 9.17) is 46.6 Å². The monoisotopic (exact) mass is 667 g/mol. The molecule has 3 aromatic carbocycles. The van der Waals surface area contributed by atoms with E-state index in [0.29, 0.717) is 38.2 Å². The van der Waals surface area contributed by atoms with Crippen molar-refractivity contribution in [3.05, 3.63) is 91.4 Å². The number of hydrogen-bond acceptors (Lipinski definition) is 9. The summed E-state index contributed by atoms with van der Waals surface area (Å²) in [6.07, 6.45) is 0. The highest BCUT2D eigenvalue weighted by molar-refractivity contribution is 7.15. The Morgan fingerprint density at radius 1 is 0.956 bits per heavy atom. The highest BCUT2D eigenvalue weighted by Crippen LogP contribution is 2.39. The molecule has 2 aromatic heterocycles.